The Morgan fingerprint density at radius 3 is 0.920 bits per heavy atom. The first-order valence-electron chi connectivity index (χ1n) is 25.2. The van der Waals surface area contributed by atoms with Crippen molar-refractivity contribution in [1.29, 1.82) is 5.26 Å². The summed E-state index contributed by atoms with van der Waals surface area (Å²) in [6.45, 7) is 9.58. The summed E-state index contributed by atoms with van der Waals surface area (Å²) in [6.07, 6.45) is 0. The third-order valence-electron chi connectivity index (χ3n) is 15.7. The molecule has 0 unspecified atom stereocenters. The molecule has 0 N–H and O–H groups in total. The first kappa shape index (κ1) is 41.1. The van der Waals surface area contributed by atoms with E-state index in [2.05, 4.69) is 270 Å². The Morgan fingerprint density at radius 2 is 0.560 bits per heavy atom. The molecular weight excluding hydrogens is 915 g/mol. The molecule has 11 aromatic carbocycles. The second-order valence-corrected chi connectivity index (χ2v) is 19.4. The zero-order chi connectivity index (χ0) is 49.5. The van der Waals surface area contributed by atoms with Gasteiger partial charge in [-0.3, -0.25) is 0 Å². The van der Waals surface area contributed by atoms with Crippen LogP contribution in [0.3, 0.4) is 0 Å². The van der Waals surface area contributed by atoms with Crippen LogP contribution in [0.5, 0.6) is 0 Å². The molecule has 7 heteroatoms. The number of fused-ring (bicyclic) bond motifs is 15. The lowest BCUT2D eigenvalue weighted by molar-refractivity contribution is 1.02. The Hall–Kier alpha value is -10.6. The van der Waals surface area contributed by atoms with E-state index in [1.807, 2.05) is 0 Å². The van der Waals surface area contributed by atoms with Crippen molar-refractivity contribution in [2.24, 2.45) is 0 Å². The Morgan fingerprint density at radius 1 is 0.280 bits per heavy atom. The largest absolute Gasteiger partial charge is 0.317 e. The van der Waals surface area contributed by atoms with Gasteiger partial charge in [0.25, 0.3) is 0 Å². The molecule has 0 aliphatic carbocycles. The molecule has 5 aromatic heterocycles. The summed E-state index contributed by atoms with van der Waals surface area (Å²) in [5, 5.41) is 23.1. The molecule has 75 heavy (non-hydrogen) atoms. The average Bonchev–Trinajstić information content (AvgIpc) is 4.28. The second kappa shape index (κ2) is 15.5. The fraction of sp³-hybridized carbons (Fsp3) is 0. The van der Waals surface area contributed by atoms with Crippen LogP contribution in [0.15, 0.2) is 237 Å². The fourth-order valence-electron chi connectivity index (χ4n) is 12.8. The molecule has 0 saturated carbocycles. The highest BCUT2D eigenvalue weighted by molar-refractivity contribution is 6.21. The number of para-hydroxylation sites is 9. The maximum atomic E-state index is 12.4. The molecule has 0 fully saturated rings. The first-order valence-corrected chi connectivity index (χ1v) is 25.2. The van der Waals surface area contributed by atoms with Gasteiger partial charge in [-0.2, -0.15) is 5.26 Å². The SMILES string of the molecule is [C-]#[N+]c1c(C#N)c(-n2c3ccccc3c3cc4c5ccccc5n(-c5ccccc5)c4cc32)c(-n2c3ccccc3c3ccccc32)c(-n2c3ccccc3c3ccccc32)c1-n1c2ccccc2c2ccccc21. The van der Waals surface area contributed by atoms with Gasteiger partial charge in [0.15, 0.2) is 0 Å². The molecule has 0 bridgehead atoms. The first-order chi connectivity index (χ1) is 37.2. The molecule has 0 radical (unpaired) electrons. The van der Waals surface area contributed by atoms with Crippen molar-refractivity contribution in [2.45, 2.75) is 0 Å². The lowest BCUT2D eigenvalue weighted by Gasteiger charge is -2.28. The fourth-order valence-corrected chi connectivity index (χ4v) is 12.8. The Labute approximate surface area is 428 Å². The number of hydrogen-bond acceptors (Lipinski definition) is 1. The van der Waals surface area contributed by atoms with Gasteiger partial charge in [-0.05, 0) is 72.8 Å². The maximum Gasteiger partial charge on any atom is 0.232 e. The Balaban J connectivity index is 1.23. The van der Waals surface area contributed by atoms with Gasteiger partial charge in [0.1, 0.15) is 0 Å². The molecule has 346 valence electrons. The quantitative estimate of drug-likeness (QED) is 0.159. The third-order valence-corrected chi connectivity index (χ3v) is 15.7. The van der Waals surface area contributed by atoms with Crippen LogP contribution in [-0.2, 0) is 0 Å². The monoisotopic (exact) mass is 953 g/mol. The van der Waals surface area contributed by atoms with Crippen molar-refractivity contribution < 1.29 is 0 Å². The average molecular weight is 954 g/mol. The minimum atomic E-state index is 0.255. The molecular formula is C68H39N7. The van der Waals surface area contributed by atoms with Gasteiger partial charge < -0.3 is 22.8 Å². The van der Waals surface area contributed by atoms with E-state index < -0.39 is 0 Å². The van der Waals surface area contributed by atoms with Crippen molar-refractivity contribution in [3.05, 3.63) is 254 Å². The number of nitrogens with zero attached hydrogens (tertiary/aromatic N) is 7. The third kappa shape index (κ3) is 5.45. The predicted octanol–water partition coefficient (Wildman–Crippen LogP) is 17.6. The summed E-state index contributed by atoms with van der Waals surface area (Å²) in [5.41, 5.74) is 14.1. The van der Waals surface area contributed by atoms with Gasteiger partial charge in [-0.15, -0.1) is 0 Å². The van der Waals surface area contributed by atoms with E-state index in [0.29, 0.717) is 11.4 Å². The van der Waals surface area contributed by atoms with E-state index in [9.17, 15) is 11.8 Å². The van der Waals surface area contributed by atoms with Gasteiger partial charge in [-0.1, -0.05) is 164 Å². The van der Waals surface area contributed by atoms with Crippen molar-refractivity contribution in [2.75, 3.05) is 0 Å². The zero-order valence-electron chi connectivity index (χ0n) is 40.1. The van der Waals surface area contributed by atoms with Crippen LogP contribution in [0.25, 0.3) is 142 Å². The molecule has 5 heterocycles. The molecule has 0 atom stereocenters. The molecule has 16 aromatic rings. The molecule has 0 aliphatic heterocycles. The summed E-state index contributed by atoms with van der Waals surface area (Å²) in [7, 11) is 0. The number of benzene rings is 11. The molecule has 0 spiro atoms. The van der Waals surface area contributed by atoms with E-state index in [-0.39, 0.29) is 11.3 Å². The van der Waals surface area contributed by atoms with Crippen LogP contribution in [0.1, 0.15) is 5.56 Å². The molecule has 7 nitrogen and oxygen atoms in total. The summed E-state index contributed by atoms with van der Waals surface area (Å²) in [4.78, 5) is 4.62. The summed E-state index contributed by atoms with van der Waals surface area (Å²) in [5.74, 6) is 0. The van der Waals surface area contributed by atoms with Crippen LogP contribution in [0.4, 0.5) is 5.69 Å². The van der Waals surface area contributed by atoms with Crippen LogP contribution in [-0.4, -0.2) is 22.8 Å². The highest BCUT2D eigenvalue weighted by Gasteiger charge is 2.35. The zero-order valence-corrected chi connectivity index (χ0v) is 40.1. The standard InChI is InChI=1S/C68H39N7/c1-70-64-53(41-69)65(75-61-38-20-12-30-50(61)52-39-51-49-29-11-13-31-54(49)71(62(51)40-63(52)75)42-21-3-2-4-22-42)67(73-57-34-16-7-25-45(57)46-26-8-17-35-58(46)73)68(74-59-36-18-9-27-47(59)48-28-10-19-37-60(48)74)66(64)72-55-32-14-5-23-43(55)44-24-6-15-33-56(44)72/h2-40H. The number of nitriles is 1. The van der Waals surface area contributed by atoms with Gasteiger partial charge in [-0.25, -0.2) is 4.85 Å². The maximum absolute atomic E-state index is 12.4. The minimum absolute atomic E-state index is 0.255. The van der Waals surface area contributed by atoms with Crippen LogP contribution in [0.2, 0.25) is 0 Å². The Kier molecular flexibility index (Phi) is 8.46. The highest BCUT2D eigenvalue weighted by atomic mass is 15.2. The second-order valence-electron chi connectivity index (χ2n) is 19.4. The number of aromatic nitrogens is 5. The van der Waals surface area contributed by atoms with Crippen LogP contribution in [0, 0.1) is 17.9 Å². The van der Waals surface area contributed by atoms with Crippen molar-refractivity contribution >= 4 is 115 Å². The molecule has 0 amide bonds. The van der Waals surface area contributed by atoms with E-state index in [1.165, 1.54) is 0 Å². The number of hydrogen-bond donors (Lipinski definition) is 0. The van der Waals surface area contributed by atoms with E-state index >= 15 is 0 Å². The van der Waals surface area contributed by atoms with Gasteiger partial charge in [0, 0.05) is 59.5 Å². The Bertz CT molecular complexity index is 5060. The van der Waals surface area contributed by atoms with E-state index in [1.54, 1.807) is 0 Å². The van der Waals surface area contributed by atoms with Gasteiger partial charge >= 0.3 is 0 Å². The predicted molar refractivity (Wildman–Crippen MR) is 309 cm³/mol. The molecule has 0 aliphatic rings. The normalized spacial score (nSPS) is 12.0. The molecule has 16 rings (SSSR count). The van der Waals surface area contributed by atoms with Gasteiger partial charge in [0.05, 0.1) is 96.1 Å². The smallest absolute Gasteiger partial charge is 0.232 e. The van der Waals surface area contributed by atoms with Crippen molar-refractivity contribution in [3.63, 3.8) is 0 Å². The summed E-state index contributed by atoms with van der Waals surface area (Å²) in [6, 6.07) is 86.4. The van der Waals surface area contributed by atoms with Crippen LogP contribution < -0.4 is 0 Å². The van der Waals surface area contributed by atoms with Crippen LogP contribution >= 0.6 is 0 Å². The van der Waals surface area contributed by atoms with E-state index in [4.69, 9.17) is 0 Å². The minimum Gasteiger partial charge on any atom is -0.317 e. The molecule has 0 saturated heterocycles. The van der Waals surface area contributed by atoms with Gasteiger partial charge in [0.2, 0.25) is 5.69 Å². The number of rotatable bonds is 5. The lowest BCUT2D eigenvalue weighted by Crippen LogP contribution is -2.15. The highest BCUT2D eigenvalue weighted by Crippen LogP contribution is 2.52. The summed E-state index contributed by atoms with van der Waals surface area (Å²) >= 11 is 0. The van der Waals surface area contributed by atoms with Crippen molar-refractivity contribution in [1.82, 2.24) is 22.8 Å². The van der Waals surface area contributed by atoms with E-state index in [0.717, 1.165) is 126 Å². The van der Waals surface area contributed by atoms with Crippen molar-refractivity contribution in [3.8, 4) is 34.5 Å². The topological polar surface area (TPSA) is 52.8 Å². The summed E-state index contributed by atoms with van der Waals surface area (Å²) < 4.78 is 11.7. The lowest BCUT2D eigenvalue weighted by atomic mass is 10.0.